The average Bonchev–Trinajstić information content (AvgIpc) is 2.79. The summed E-state index contributed by atoms with van der Waals surface area (Å²) >= 11 is 0. The Balaban J connectivity index is 1.80. The number of benzene rings is 2. The SMILES string of the molecule is COc1c(O[C@@H]2OC(C(=O)O)[C@@H](O)[C@H](O)C2O)cc2oc(-c3ccc(O)cc3)cc(=O)c2c1O. The number of ether oxygens (including phenoxy) is 3. The Hall–Kier alpha value is -3.84. The molecule has 180 valence electrons. The Morgan fingerprint density at radius 3 is 2.29 bits per heavy atom. The summed E-state index contributed by atoms with van der Waals surface area (Å²) in [7, 11) is 1.16. The van der Waals surface area contributed by atoms with Gasteiger partial charge < -0.3 is 49.3 Å². The van der Waals surface area contributed by atoms with Crippen LogP contribution < -0.4 is 14.9 Å². The van der Waals surface area contributed by atoms with Gasteiger partial charge in [0.05, 0.1) is 7.11 Å². The number of fused-ring (bicyclic) bond motifs is 1. The number of aliphatic hydroxyl groups excluding tert-OH is 3. The van der Waals surface area contributed by atoms with Gasteiger partial charge in [0.2, 0.25) is 12.0 Å². The van der Waals surface area contributed by atoms with Crippen LogP contribution in [0.1, 0.15) is 0 Å². The Labute approximate surface area is 190 Å². The third-order valence-corrected chi connectivity index (χ3v) is 5.32. The molecule has 0 aliphatic carbocycles. The summed E-state index contributed by atoms with van der Waals surface area (Å²) in [6, 6.07) is 8.08. The molecule has 1 aromatic heterocycles. The number of phenolic OH excluding ortho intramolecular Hbond substituents is 2. The van der Waals surface area contributed by atoms with Crippen LogP contribution in [0, 0.1) is 0 Å². The van der Waals surface area contributed by atoms with Gasteiger partial charge in [-0.1, -0.05) is 0 Å². The van der Waals surface area contributed by atoms with Crippen LogP contribution in [0.25, 0.3) is 22.3 Å². The van der Waals surface area contributed by atoms with Crippen molar-refractivity contribution in [1.82, 2.24) is 0 Å². The van der Waals surface area contributed by atoms with Gasteiger partial charge in [-0.3, -0.25) is 4.79 Å². The standard InChI is InChI=1S/C22H20O12/c1-31-19-13(33-22-18(28)16(26)17(27)20(34-22)21(29)30)7-12-14(15(19)25)10(24)6-11(32-12)8-2-4-9(23)5-3-8/h2-7,16-18,20,22-23,25-28H,1H3,(H,29,30)/t16-,17-,18?,20?,22+/m0/s1. The van der Waals surface area contributed by atoms with Crippen LogP contribution in [0.15, 0.2) is 45.6 Å². The van der Waals surface area contributed by atoms with Gasteiger partial charge in [0.1, 0.15) is 40.8 Å². The van der Waals surface area contributed by atoms with Gasteiger partial charge in [0.25, 0.3) is 0 Å². The van der Waals surface area contributed by atoms with Gasteiger partial charge in [-0.05, 0) is 24.3 Å². The number of hydrogen-bond acceptors (Lipinski definition) is 11. The molecule has 3 aromatic rings. The number of rotatable bonds is 5. The maximum Gasteiger partial charge on any atom is 0.335 e. The van der Waals surface area contributed by atoms with E-state index in [9.17, 15) is 40.2 Å². The van der Waals surface area contributed by atoms with Crippen molar-refractivity contribution >= 4 is 16.9 Å². The van der Waals surface area contributed by atoms with E-state index in [1.165, 1.54) is 24.3 Å². The first-order valence-electron chi connectivity index (χ1n) is 9.88. The smallest absolute Gasteiger partial charge is 0.335 e. The Bertz CT molecular complexity index is 1280. The third kappa shape index (κ3) is 3.99. The number of carboxylic acids is 1. The number of aliphatic hydroxyl groups is 3. The van der Waals surface area contributed by atoms with Crippen LogP contribution in [0.2, 0.25) is 0 Å². The molecule has 2 unspecified atom stereocenters. The number of aliphatic carboxylic acids is 1. The maximum atomic E-state index is 12.7. The molecule has 2 heterocycles. The van der Waals surface area contributed by atoms with Crippen LogP contribution >= 0.6 is 0 Å². The Morgan fingerprint density at radius 1 is 1.00 bits per heavy atom. The van der Waals surface area contributed by atoms with Gasteiger partial charge >= 0.3 is 5.97 Å². The van der Waals surface area contributed by atoms with Crippen LogP contribution in [0.3, 0.4) is 0 Å². The molecule has 1 fully saturated rings. The molecular formula is C22H20O12. The van der Waals surface area contributed by atoms with E-state index in [1.54, 1.807) is 0 Å². The quantitative estimate of drug-likeness (QED) is 0.292. The van der Waals surface area contributed by atoms with E-state index in [0.29, 0.717) is 5.56 Å². The zero-order chi connectivity index (χ0) is 24.7. The first kappa shape index (κ1) is 23.3. The summed E-state index contributed by atoms with van der Waals surface area (Å²) < 4.78 is 21.4. The van der Waals surface area contributed by atoms with Gasteiger partial charge in [-0.2, -0.15) is 0 Å². The lowest BCUT2D eigenvalue weighted by atomic mass is 9.99. The summed E-state index contributed by atoms with van der Waals surface area (Å²) in [4.78, 5) is 24.1. The van der Waals surface area contributed by atoms with Crippen molar-refractivity contribution in [2.75, 3.05) is 7.11 Å². The lowest BCUT2D eigenvalue weighted by Crippen LogP contribution is -2.61. The number of carbonyl (C=O) groups is 1. The predicted molar refractivity (Wildman–Crippen MR) is 113 cm³/mol. The van der Waals surface area contributed by atoms with Crippen LogP contribution in [0.5, 0.6) is 23.0 Å². The zero-order valence-corrected chi connectivity index (χ0v) is 17.5. The van der Waals surface area contributed by atoms with Crippen molar-refractivity contribution in [2.45, 2.75) is 30.7 Å². The number of phenols is 2. The second-order valence-electron chi connectivity index (χ2n) is 7.50. The fraction of sp³-hybridized carbons (Fsp3) is 0.273. The van der Waals surface area contributed by atoms with Crippen molar-refractivity contribution in [2.24, 2.45) is 0 Å². The molecule has 1 aliphatic rings. The largest absolute Gasteiger partial charge is 0.508 e. The maximum absolute atomic E-state index is 12.7. The molecule has 6 N–H and O–H groups in total. The van der Waals surface area contributed by atoms with Gasteiger partial charge in [-0.15, -0.1) is 0 Å². The van der Waals surface area contributed by atoms with Crippen molar-refractivity contribution in [3.05, 3.63) is 46.6 Å². The summed E-state index contributed by atoms with van der Waals surface area (Å²) in [6.45, 7) is 0. The highest BCUT2D eigenvalue weighted by atomic mass is 16.7. The predicted octanol–water partition coefficient (Wildman–Crippen LogP) is 0.151. The molecule has 34 heavy (non-hydrogen) atoms. The van der Waals surface area contributed by atoms with E-state index in [2.05, 4.69) is 0 Å². The highest BCUT2D eigenvalue weighted by molar-refractivity contribution is 5.89. The first-order chi connectivity index (χ1) is 16.1. The highest BCUT2D eigenvalue weighted by Crippen LogP contribution is 2.43. The fourth-order valence-corrected chi connectivity index (χ4v) is 3.59. The first-order valence-corrected chi connectivity index (χ1v) is 9.88. The van der Waals surface area contributed by atoms with Crippen molar-refractivity contribution < 1.29 is 54.1 Å². The van der Waals surface area contributed by atoms with E-state index in [4.69, 9.17) is 18.6 Å². The molecule has 1 aliphatic heterocycles. The number of methoxy groups -OCH3 is 1. The van der Waals surface area contributed by atoms with Gasteiger partial charge in [0, 0.05) is 17.7 Å². The summed E-state index contributed by atoms with van der Waals surface area (Å²) in [5.41, 5.74) is -0.323. The van der Waals surface area contributed by atoms with Crippen LogP contribution in [-0.4, -0.2) is 74.4 Å². The monoisotopic (exact) mass is 476 g/mol. The van der Waals surface area contributed by atoms with Crippen molar-refractivity contribution in [3.8, 4) is 34.3 Å². The normalized spacial score (nSPS) is 24.6. The van der Waals surface area contributed by atoms with E-state index < -0.39 is 47.9 Å². The van der Waals surface area contributed by atoms with Crippen LogP contribution in [0.4, 0.5) is 0 Å². The van der Waals surface area contributed by atoms with E-state index in [-0.39, 0.29) is 34.0 Å². The van der Waals surface area contributed by atoms with E-state index in [0.717, 1.165) is 19.2 Å². The Kier molecular flexibility index (Phi) is 6.06. The summed E-state index contributed by atoms with van der Waals surface area (Å²) in [6.07, 6.45) is -9.42. The molecule has 4 rings (SSSR count). The molecule has 0 spiro atoms. The molecule has 2 aromatic carbocycles. The second kappa shape index (κ2) is 8.83. The fourth-order valence-electron chi connectivity index (χ4n) is 3.59. The molecule has 0 bridgehead atoms. The third-order valence-electron chi connectivity index (χ3n) is 5.32. The lowest BCUT2D eigenvalue weighted by Gasteiger charge is -2.38. The number of hydrogen-bond donors (Lipinski definition) is 6. The summed E-state index contributed by atoms with van der Waals surface area (Å²) in [5, 5.41) is 59.1. The molecule has 0 saturated carbocycles. The van der Waals surface area contributed by atoms with E-state index in [1.807, 2.05) is 0 Å². The number of aromatic hydroxyl groups is 2. The average molecular weight is 476 g/mol. The van der Waals surface area contributed by atoms with Gasteiger partial charge in [-0.25, -0.2) is 4.79 Å². The minimum atomic E-state index is -1.93. The van der Waals surface area contributed by atoms with Crippen LogP contribution in [-0.2, 0) is 9.53 Å². The molecule has 0 radical (unpaired) electrons. The molecule has 12 heteroatoms. The zero-order valence-electron chi connectivity index (χ0n) is 17.5. The highest BCUT2D eigenvalue weighted by Gasteiger charge is 2.48. The molecular weight excluding hydrogens is 456 g/mol. The van der Waals surface area contributed by atoms with Crippen molar-refractivity contribution in [1.29, 1.82) is 0 Å². The van der Waals surface area contributed by atoms with Crippen molar-refractivity contribution in [3.63, 3.8) is 0 Å². The molecule has 12 nitrogen and oxygen atoms in total. The van der Waals surface area contributed by atoms with Gasteiger partial charge in [0.15, 0.2) is 23.0 Å². The number of carboxylic acid groups (broad SMARTS) is 1. The molecule has 0 amide bonds. The minimum Gasteiger partial charge on any atom is -0.508 e. The topological polar surface area (TPSA) is 196 Å². The molecule has 1 saturated heterocycles. The second-order valence-corrected chi connectivity index (χ2v) is 7.50. The minimum absolute atomic E-state index is 0.00274. The Morgan fingerprint density at radius 2 is 1.68 bits per heavy atom. The summed E-state index contributed by atoms with van der Waals surface area (Å²) in [5.74, 6) is -2.81. The van der Waals surface area contributed by atoms with E-state index >= 15 is 0 Å². The lowest BCUT2D eigenvalue weighted by molar-refractivity contribution is -0.271. The molecule has 5 atom stereocenters.